The van der Waals surface area contributed by atoms with Crippen molar-refractivity contribution >= 4 is 17.7 Å². The number of hydrogen-bond acceptors (Lipinski definition) is 2. The Hall–Kier alpha value is -0.960. The third-order valence-corrected chi connectivity index (χ3v) is 4.99. The molecule has 1 aliphatic heterocycles. The van der Waals surface area contributed by atoms with Crippen LogP contribution in [0.3, 0.4) is 0 Å². The SMILES string of the molecule is Cc1ccc(C2SCCN2C(=O)CC2CC2)cc1. The van der Waals surface area contributed by atoms with Gasteiger partial charge in [0.2, 0.25) is 5.91 Å². The second kappa shape index (κ2) is 4.96. The van der Waals surface area contributed by atoms with E-state index in [0.29, 0.717) is 11.8 Å². The van der Waals surface area contributed by atoms with Crippen molar-refractivity contribution in [3.05, 3.63) is 35.4 Å². The first-order chi connectivity index (χ1) is 8.74. The fraction of sp³-hybridized carbons (Fsp3) is 0.533. The molecule has 18 heavy (non-hydrogen) atoms. The monoisotopic (exact) mass is 261 g/mol. The average Bonchev–Trinajstić information content (AvgIpc) is 3.04. The molecule has 3 rings (SSSR count). The number of carbonyl (C=O) groups is 1. The third-order valence-electron chi connectivity index (χ3n) is 3.73. The van der Waals surface area contributed by atoms with Gasteiger partial charge in [-0.1, -0.05) is 29.8 Å². The van der Waals surface area contributed by atoms with E-state index in [1.165, 1.54) is 24.0 Å². The van der Waals surface area contributed by atoms with E-state index in [1.807, 2.05) is 11.8 Å². The Morgan fingerprint density at radius 2 is 2.06 bits per heavy atom. The minimum Gasteiger partial charge on any atom is -0.326 e. The highest BCUT2D eigenvalue weighted by molar-refractivity contribution is 7.99. The molecule has 1 aliphatic carbocycles. The number of hydrogen-bond donors (Lipinski definition) is 0. The summed E-state index contributed by atoms with van der Waals surface area (Å²) in [5.74, 6) is 2.10. The van der Waals surface area contributed by atoms with Gasteiger partial charge < -0.3 is 4.90 Å². The van der Waals surface area contributed by atoms with Crippen LogP contribution in [0.15, 0.2) is 24.3 Å². The molecular weight excluding hydrogens is 242 g/mol. The molecular formula is C15H19NOS. The largest absolute Gasteiger partial charge is 0.326 e. The highest BCUT2D eigenvalue weighted by atomic mass is 32.2. The van der Waals surface area contributed by atoms with Crippen molar-refractivity contribution in [1.29, 1.82) is 0 Å². The fourth-order valence-corrected chi connectivity index (χ4v) is 3.70. The van der Waals surface area contributed by atoms with Gasteiger partial charge in [0.05, 0.1) is 0 Å². The minimum atomic E-state index is 0.247. The number of aryl methyl sites for hydroxylation is 1. The standard InChI is InChI=1S/C15H19NOS/c1-11-2-6-13(7-3-11)15-16(8-9-18-15)14(17)10-12-4-5-12/h2-3,6-7,12,15H,4-5,8-10H2,1H3. The van der Waals surface area contributed by atoms with E-state index in [9.17, 15) is 4.79 Å². The zero-order chi connectivity index (χ0) is 12.5. The summed E-state index contributed by atoms with van der Waals surface area (Å²) in [7, 11) is 0. The zero-order valence-electron chi connectivity index (χ0n) is 10.8. The van der Waals surface area contributed by atoms with Gasteiger partial charge in [-0.05, 0) is 31.2 Å². The van der Waals surface area contributed by atoms with Crippen molar-refractivity contribution in [3.8, 4) is 0 Å². The molecule has 1 aromatic rings. The van der Waals surface area contributed by atoms with Crippen LogP contribution >= 0.6 is 11.8 Å². The van der Waals surface area contributed by atoms with Crippen LogP contribution in [0.4, 0.5) is 0 Å². The van der Waals surface area contributed by atoms with Gasteiger partial charge >= 0.3 is 0 Å². The first-order valence-corrected chi connectivity index (χ1v) is 7.76. The smallest absolute Gasteiger partial charge is 0.224 e. The number of amides is 1. The predicted molar refractivity (Wildman–Crippen MR) is 75.4 cm³/mol. The zero-order valence-corrected chi connectivity index (χ0v) is 11.6. The molecule has 1 unspecified atom stereocenters. The maximum Gasteiger partial charge on any atom is 0.224 e. The van der Waals surface area contributed by atoms with E-state index in [4.69, 9.17) is 0 Å². The van der Waals surface area contributed by atoms with Gasteiger partial charge in [0.15, 0.2) is 0 Å². The first-order valence-electron chi connectivity index (χ1n) is 6.71. The van der Waals surface area contributed by atoms with E-state index in [1.54, 1.807) is 0 Å². The van der Waals surface area contributed by atoms with E-state index in [0.717, 1.165) is 18.7 Å². The molecule has 1 saturated heterocycles. The number of benzene rings is 1. The third kappa shape index (κ3) is 2.56. The van der Waals surface area contributed by atoms with Crippen LogP contribution in [0, 0.1) is 12.8 Å². The lowest BCUT2D eigenvalue weighted by Crippen LogP contribution is -2.30. The molecule has 1 atom stereocenters. The lowest BCUT2D eigenvalue weighted by atomic mass is 10.1. The molecule has 2 nitrogen and oxygen atoms in total. The summed E-state index contributed by atoms with van der Waals surface area (Å²) < 4.78 is 0. The molecule has 1 aromatic carbocycles. The van der Waals surface area contributed by atoms with Crippen molar-refractivity contribution < 1.29 is 4.79 Å². The molecule has 0 bridgehead atoms. The van der Waals surface area contributed by atoms with Gasteiger partial charge in [-0.25, -0.2) is 0 Å². The molecule has 96 valence electrons. The van der Waals surface area contributed by atoms with Crippen LogP contribution < -0.4 is 0 Å². The molecule has 2 fully saturated rings. The van der Waals surface area contributed by atoms with Gasteiger partial charge in [-0.15, -0.1) is 11.8 Å². The Bertz CT molecular complexity index is 438. The molecule has 3 heteroatoms. The molecule has 0 N–H and O–H groups in total. The van der Waals surface area contributed by atoms with E-state index < -0.39 is 0 Å². The van der Waals surface area contributed by atoms with Crippen molar-refractivity contribution in [2.75, 3.05) is 12.3 Å². The summed E-state index contributed by atoms with van der Waals surface area (Å²) in [5, 5.41) is 0.247. The van der Waals surface area contributed by atoms with E-state index >= 15 is 0 Å². The summed E-state index contributed by atoms with van der Waals surface area (Å²) in [6, 6.07) is 8.60. The normalized spacial score (nSPS) is 23.4. The molecule has 1 saturated carbocycles. The van der Waals surface area contributed by atoms with Crippen molar-refractivity contribution in [2.24, 2.45) is 5.92 Å². The lowest BCUT2D eigenvalue weighted by molar-refractivity contribution is -0.131. The predicted octanol–water partition coefficient (Wildman–Crippen LogP) is 3.37. The minimum absolute atomic E-state index is 0.247. The highest BCUT2D eigenvalue weighted by Crippen LogP contribution is 2.40. The van der Waals surface area contributed by atoms with Gasteiger partial charge in [0, 0.05) is 18.7 Å². The van der Waals surface area contributed by atoms with Crippen LogP contribution in [-0.2, 0) is 4.79 Å². The van der Waals surface area contributed by atoms with E-state index in [-0.39, 0.29) is 5.37 Å². The van der Waals surface area contributed by atoms with Gasteiger partial charge in [0.1, 0.15) is 5.37 Å². The van der Waals surface area contributed by atoms with Gasteiger partial charge in [-0.2, -0.15) is 0 Å². The Labute approximate surface area is 113 Å². The van der Waals surface area contributed by atoms with Crippen LogP contribution in [0.25, 0.3) is 0 Å². The van der Waals surface area contributed by atoms with Crippen molar-refractivity contribution in [1.82, 2.24) is 4.90 Å². The summed E-state index contributed by atoms with van der Waals surface area (Å²) >= 11 is 1.89. The lowest BCUT2D eigenvalue weighted by Gasteiger charge is -2.24. The first kappa shape index (κ1) is 12.1. The second-order valence-corrected chi connectivity index (χ2v) is 6.56. The quantitative estimate of drug-likeness (QED) is 0.831. The fourth-order valence-electron chi connectivity index (χ4n) is 2.42. The van der Waals surface area contributed by atoms with Crippen molar-refractivity contribution in [2.45, 2.75) is 31.6 Å². The Morgan fingerprint density at radius 3 is 2.72 bits per heavy atom. The molecule has 1 amide bonds. The molecule has 0 spiro atoms. The molecule has 1 heterocycles. The maximum absolute atomic E-state index is 12.3. The highest BCUT2D eigenvalue weighted by Gasteiger charge is 2.33. The molecule has 0 aromatic heterocycles. The maximum atomic E-state index is 12.3. The second-order valence-electron chi connectivity index (χ2n) is 5.37. The Morgan fingerprint density at radius 1 is 1.33 bits per heavy atom. The molecule has 2 aliphatic rings. The van der Waals surface area contributed by atoms with Gasteiger partial charge in [-0.3, -0.25) is 4.79 Å². The van der Waals surface area contributed by atoms with E-state index in [2.05, 4.69) is 36.1 Å². The number of rotatable bonds is 3. The number of thioether (sulfide) groups is 1. The summed E-state index contributed by atoms with van der Waals surface area (Å²) in [5.41, 5.74) is 2.55. The summed E-state index contributed by atoms with van der Waals surface area (Å²) in [6.07, 6.45) is 3.27. The topological polar surface area (TPSA) is 20.3 Å². The van der Waals surface area contributed by atoms with Gasteiger partial charge in [0.25, 0.3) is 0 Å². The van der Waals surface area contributed by atoms with Crippen LogP contribution in [0.1, 0.15) is 35.8 Å². The Balaban J connectivity index is 1.73. The summed E-state index contributed by atoms with van der Waals surface area (Å²) in [6.45, 7) is 3.01. The number of nitrogens with zero attached hydrogens (tertiary/aromatic N) is 1. The van der Waals surface area contributed by atoms with Crippen LogP contribution in [-0.4, -0.2) is 23.1 Å². The van der Waals surface area contributed by atoms with Crippen molar-refractivity contribution in [3.63, 3.8) is 0 Å². The number of carbonyl (C=O) groups excluding carboxylic acids is 1. The Kier molecular flexibility index (Phi) is 3.33. The molecule has 0 radical (unpaired) electrons. The van der Waals surface area contributed by atoms with Crippen LogP contribution in [0.2, 0.25) is 0 Å². The average molecular weight is 261 g/mol. The summed E-state index contributed by atoms with van der Waals surface area (Å²) in [4.78, 5) is 14.3. The van der Waals surface area contributed by atoms with Crippen LogP contribution in [0.5, 0.6) is 0 Å².